The second-order valence-electron chi connectivity index (χ2n) is 4.06. The Kier molecular flexibility index (Phi) is 5.95. The minimum Gasteiger partial charge on any atom is -0.341 e. The minimum atomic E-state index is -0.535. The number of urea groups is 1. The van der Waals surface area contributed by atoms with Gasteiger partial charge in [0.15, 0.2) is 0 Å². The van der Waals surface area contributed by atoms with Crippen molar-refractivity contribution in [1.29, 1.82) is 0 Å². The fourth-order valence-electron chi connectivity index (χ4n) is 1.60. The summed E-state index contributed by atoms with van der Waals surface area (Å²) in [5, 5.41) is 4.49. The van der Waals surface area contributed by atoms with Crippen LogP contribution in [0.25, 0.3) is 0 Å². The maximum Gasteiger partial charge on any atom is 0.321 e. The van der Waals surface area contributed by atoms with Gasteiger partial charge in [-0.3, -0.25) is 15.0 Å². The Morgan fingerprint density at radius 3 is 2.68 bits per heavy atom. The standard InChI is InChI=1S/C13H18FN3O2/c1-3-17(9-12(18)16-13(19)15-2)8-10-5-4-6-11(14)7-10/h4-7H,3,8-9H2,1-2H3,(H2,15,16,18,19). The van der Waals surface area contributed by atoms with Gasteiger partial charge in [0, 0.05) is 13.6 Å². The van der Waals surface area contributed by atoms with Gasteiger partial charge in [-0.25, -0.2) is 9.18 Å². The maximum atomic E-state index is 13.1. The number of likely N-dealkylation sites (N-methyl/N-ethyl adjacent to an activating group) is 1. The minimum absolute atomic E-state index is 0.0838. The number of benzene rings is 1. The zero-order valence-corrected chi connectivity index (χ0v) is 11.1. The molecule has 104 valence electrons. The van der Waals surface area contributed by atoms with E-state index in [1.165, 1.54) is 19.2 Å². The van der Waals surface area contributed by atoms with Crippen LogP contribution in [0.2, 0.25) is 0 Å². The maximum absolute atomic E-state index is 13.1. The van der Waals surface area contributed by atoms with Crippen molar-refractivity contribution in [1.82, 2.24) is 15.5 Å². The predicted molar refractivity (Wildman–Crippen MR) is 69.9 cm³/mol. The van der Waals surface area contributed by atoms with E-state index < -0.39 is 11.9 Å². The first-order valence-electron chi connectivity index (χ1n) is 6.03. The summed E-state index contributed by atoms with van der Waals surface area (Å²) in [5.74, 6) is -0.694. The largest absolute Gasteiger partial charge is 0.341 e. The lowest BCUT2D eigenvalue weighted by Gasteiger charge is -2.19. The van der Waals surface area contributed by atoms with Gasteiger partial charge in [0.05, 0.1) is 6.54 Å². The van der Waals surface area contributed by atoms with Crippen LogP contribution in [0, 0.1) is 5.82 Å². The van der Waals surface area contributed by atoms with E-state index >= 15 is 0 Å². The number of hydrogen-bond donors (Lipinski definition) is 2. The highest BCUT2D eigenvalue weighted by Gasteiger charge is 2.11. The first-order chi connectivity index (χ1) is 9.05. The Morgan fingerprint density at radius 2 is 2.11 bits per heavy atom. The molecule has 1 aromatic rings. The van der Waals surface area contributed by atoms with Crippen LogP contribution in [-0.4, -0.2) is 37.0 Å². The third-order valence-electron chi connectivity index (χ3n) is 2.59. The molecule has 0 saturated carbocycles. The van der Waals surface area contributed by atoms with Crippen LogP contribution in [0.15, 0.2) is 24.3 Å². The summed E-state index contributed by atoms with van der Waals surface area (Å²) in [7, 11) is 1.44. The zero-order chi connectivity index (χ0) is 14.3. The number of amides is 3. The highest BCUT2D eigenvalue weighted by molar-refractivity contribution is 5.95. The number of nitrogens with one attached hydrogen (secondary N) is 2. The summed E-state index contributed by atoms with van der Waals surface area (Å²) in [4.78, 5) is 24.3. The molecule has 0 aromatic heterocycles. The molecular weight excluding hydrogens is 249 g/mol. The molecule has 0 unspecified atom stereocenters. The molecule has 0 bridgehead atoms. The molecular formula is C13H18FN3O2. The van der Waals surface area contributed by atoms with Crippen molar-refractivity contribution in [3.63, 3.8) is 0 Å². The van der Waals surface area contributed by atoms with Gasteiger partial charge in [-0.15, -0.1) is 0 Å². The second-order valence-corrected chi connectivity index (χ2v) is 4.06. The summed E-state index contributed by atoms with van der Waals surface area (Å²) >= 11 is 0. The van der Waals surface area contributed by atoms with Crippen molar-refractivity contribution in [2.45, 2.75) is 13.5 Å². The fourth-order valence-corrected chi connectivity index (χ4v) is 1.60. The van der Waals surface area contributed by atoms with Crippen LogP contribution in [0.4, 0.5) is 9.18 Å². The highest BCUT2D eigenvalue weighted by atomic mass is 19.1. The SMILES string of the molecule is CCN(CC(=O)NC(=O)NC)Cc1cccc(F)c1. The Labute approximate surface area is 111 Å². The molecule has 0 aliphatic carbocycles. The van der Waals surface area contributed by atoms with Crippen molar-refractivity contribution in [2.75, 3.05) is 20.1 Å². The molecule has 1 aromatic carbocycles. The number of carbonyl (C=O) groups excluding carboxylic acids is 2. The summed E-state index contributed by atoms with van der Waals surface area (Å²) in [6.07, 6.45) is 0. The first kappa shape index (κ1) is 15.1. The molecule has 0 aliphatic heterocycles. The lowest BCUT2D eigenvalue weighted by atomic mass is 10.2. The Morgan fingerprint density at radius 1 is 1.37 bits per heavy atom. The summed E-state index contributed by atoms with van der Waals surface area (Å²) in [6.45, 7) is 3.06. The molecule has 0 spiro atoms. The number of hydrogen-bond acceptors (Lipinski definition) is 3. The first-order valence-corrected chi connectivity index (χ1v) is 6.03. The van der Waals surface area contributed by atoms with Crippen LogP contribution in [0.5, 0.6) is 0 Å². The molecule has 0 radical (unpaired) electrons. The van der Waals surface area contributed by atoms with E-state index in [1.54, 1.807) is 12.1 Å². The smallest absolute Gasteiger partial charge is 0.321 e. The van der Waals surface area contributed by atoms with Gasteiger partial charge in [0.1, 0.15) is 5.82 Å². The Balaban J connectivity index is 2.54. The number of carbonyl (C=O) groups is 2. The van der Waals surface area contributed by atoms with E-state index in [4.69, 9.17) is 0 Å². The average molecular weight is 267 g/mol. The lowest BCUT2D eigenvalue weighted by molar-refractivity contribution is -0.121. The molecule has 6 heteroatoms. The van der Waals surface area contributed by atoms with Gasteiger partial charge in [-0.2, -0.15) is 0 Å². The number of halogens is 1. The monoisotopic (exact) mass is 267 g/mol. The summed E-state index contributed by atoms with van der Waals surface area (Å²) in [6, 6.07) is 5.69. The van der Waals surface area contributed by atoms with Crippen LogP contribution in [0.3, 0.4) is 0 Å². The van der Waals surface area contributed by atoms with Crippen LogP contribution in [0.1, 0.15) is 12.5 Å². The molecule has 1 rings (SSSR count). The van der Waals surface area contributed by atoms with Crippen LogP contribution in [-0.2, 0) is 11.3 Å². The van der Waals surface area contributed by atoms with E-state index in [0.29, 0.717) is 13.1 Å². The van der Waals surface area contributed by atoms with E-state index in [-0.39, 0.29) is 12.4 Å². The topological polar surface area (TPSA) is 61.4 Å². The zero-order valence-electron chi connectivity index (χ0n) is 11.1. The predicted octanol–water partition coefficient (Wildman–Crippen LogP) is 1.10. The molecule has 0 saturated heterocycles. The van der Waals surface area contributed by atoms with Crippen molar-refractivity contribution >= 4 is 11.9 Å². The van der Waals surface area contributed by atoms with Gasteiger partial charge in [0.25, 0.3) is 0 Å². The van der Waals surface area contributed by atoms with Crippen LogP contribution >= 0.6 is 0 Å². The molecule has 0 atom stereocenters. The molecule has 2 N–H and O–H groups in total. The molecule has 0 aliphatic rings. The van der Waals surface area contributed by atoms with Crippen molar-refractivity contribution in [3.8, 4) is 0 Å². The van der Waals surface area contributed by atoms with E-state index in [2.05, 4.69) is 10.6 Å². The fraction of sp³-hybridized carbons (Fsp3) is 0.385. The van der Waals surface area contributed by atoms with Crippen molar-refractivity contribution < 1.29 is 14.0 Å². The molecule has 3 amide bonds. The molecule has 19 heavy (non-hydrogen) atoms. The number of rotatable bonds is 5. The van der Waals surface area contributed by atoms with Gasteiger partial charge < -0.3 is 5.32 Å². The van der Waals surface area contributed by atoms with E-state index in [0.717, 1.165) is 5.56 Å². The van der Waals surface area contributed by atoms with Gasteiger partial charge >= 0.3 is 6.03 Å². The number of nitrogens with zero attached hydrogens (tertiary/aromatic N) is 1. The Hall–Kier alpha value is -1.95. The van der Waals surface area contributed by atoms with Crippen molar-refractivity contribution in [3.05, 3.63) is 35.6 Å². The van der Waals surface area contributed by atoms with Gasteiger partial charge in [0.2, 0.25) is 5.91 Å². The highest BCUT2D eigenvalue weighted by Crippen LogP contribution is 2.06. The van der Waals surface area contributed by atoms with E-state index in [9.17, 15) is 14.0 Å². The quantitative estimate of drug-likeness (QED) is 0.840. The molecule has 0 fully saturated rings. The molecule has 0 heterocycles. The molecule has 5 nitrogen and oxygen atoms in total. The van der Waals surface area contributed by atoms with Gasteiger partial charge in [-0.1, -0.05) is 19.1 Å². The average Bonchev–Trinajstić information content (AvgIpc) is 2.37. The Bertz CT molecular complexity index is 451. The normalized spacial score (nSPS) is 10.3. The van der Waals surface area contributed by atoms with Crippen LogP contribution < -0.4 is 10.6 Å². The summed E-state index contributed by atoms with van der Waals surface area (Å²) in [5.41, 5.74) is 0.787. The lowest BCUT2D eigenvalue weighted by Crippen LogP contribution is -2.43. The number of imide groups is 1. The third kappa shape index (κ3) is 5.48. The summed E-state index contributed by atoms with van der Waals surface area (Å²) < 4.78 is 13.1. The second kappa shape index (κ2) is 7.48. The van der Waals surface area contributed by atoms with E-state index in [1.807, 2.05) is 11.8 Å². The third-order valence-corrected chi connectivity index (χ3v) is 2.59. The van der Waals surface area contributed by atoms with Crippen molar-refractivity contribution in [2.24, 2.45) is 0 Å². The van der Waals surface area contributed by atoms with Gasteiger partial charge in [-0.05, 0) is 24.2 Å².